The number of nitrogens with one attached hydrogen (secondary N) is 2. The van der Waals surface area contributed by atoms with Crippen LogP contribution >= 0.6 is 0 Å². The highest BCUT2D eigenvalue weighted by Gasteiger charge is 2.35. The van der Waals surface area contributed by atoms with Crippen molar-refractivity contribution in [3.8, 4) is 0 Å². The van der Waals surface area contributed by atoms with Crippen LogP contribution in [0.3, 0.4) is 0 Å². The molecule has 3 rings (SSSR count). The zero-order valence-electron chi connectivity index (χ0n) is 14.2. The van der Waals surface area contributed by atoms with Gasteiger partial charge in [-0.05, 0) is 26.9 Å². The topological polar surface area (TPSA) is 70.9 Å². The van der Waals surface area contributed by atoms with Crippen molar-refractivity contribution < 1.29 is 13.2 Å². The van der Waals surface area contributed by atoms with Gasteiger partial charge in [-0.15, -0.1) is 0 Å². The Balaban J connectivity index is 1.82. The Labute approximate surface area is 143 Å². The Hall–Kier alpha value is -2.36. The van der Waals surface area contributed by atoms with Gasteiger partial charge in [0.1, 0.15) is 11.4 Å². The number of anilines is 3. The largest absolute Gasteiger partial charge is 0.421 e. The molecule has 0 bridgehead atoms. The van der Waals surface area contributed by atoms with Crippen molar-refractivity contribution in [2.45, 2.75) is 25.6 Å². The third-order valence-corrected chi connectivity index (χ3v) is 4.23. The van der Waals surface area contributed by atoms with E-state index in [1.807, 2.05) is 17.8 Å². The lowest BCUT2D eigenvalue weighted by Crippen LogP contribution is -2.16. The highest BCUT2D eigenvalue weighted by Crippen LogP contribution is 2.34. The number of rotatable bonds is 4. The van der Waals surface area contributed by atoms with Gasteiger partial charge in [-0.2, -0.15) is 23.3 Å². The summed E-state index contributed by atoms with van der Waals surface area (Å²) in [7, 11) is 3.45. The van der Waals surface area contributed by atoms with Gasteiger partial charge in [-0.25, -0.2) is 4.98 Å². The van der Waals surface area contributed by atoms with Gasteiger partial charge in [0.2, 0.25) is 5.95 Å². The van der Waals surface area contributed by atoms with Gasteiger partial charge in [0, 0.05) is 26.0 Å². The monoisotopic (exact) mass is 355 g/mol. The summed E-state index contributed by atoms with van der Waals surface area (Å²) >= 11 is 0. The predicted octanol–water partition coefficient (Wildman–Crippen LogP) is 2.66. The van der Waals surface area contributed by atoms with Crippen LogP contribution in [-0.2, 0) is 6.18 Å². The highest BCUT2D eigenvalue weighted by atomic mass is 19.4. The minimum absolute atomic E-state index is 0.0866. The molecule has 1 unspecified atom stereocenters. The summed E-state index contributed by atoms with van der Waals surface area (Å²) in [6.45, 7) is 3.77. The first-order valence-corrected chi connectivity index (χ1v) is 7.91. The maximum atomic E-state index is 12.9. The number of aryl methyl sites for hydroxylation is 1. The molecule has 136 valence electrons. The van der Waals surface area contributed by atoms with E-state index in [9.17, 15) is 13.2 Å². The molecule has 1 atom stereocenters. The normalized spacial score (nSPS) is 18.6. The number of nitrogens with zero attached hydrogens (tertiary/aromatic N) is 5. The predicted molar refractivity (Wildman–Crippen MR) is 88.0 cm³/mol. The van der Waals surface area contributed by atoms with Crippen LogP contribution in [0.1, 0.15) is 23.7 Å². The van der Waals surface area contributed by atoms with E-state index in [2.05, 4.69) is 37.6 Å². The minimum Gasteiger partial charge on any atom is -0.372 e. The van der Waals surface area contributed by atoms with Crippen molar-refractivity contribution in [3.63, 3.8) is 0 Å². The quantitative estimate of drug-likeness (QED) is 0.879. The first-order valence-electron chi connectivity index (χ1n) is 7.91. The molecule has 0 spiro atoms. The molecule has 0 saturated carbocycles. The standard InChI is InChI=1S/C15H20F3N7/c1-9-12(8-25(23-9)10-4-5-24(3)7-10)21-14-20-6-11(15(16,17)18)13(19-2)22-14/h6,8,10H,4-5,7H2,1-3H3,(H2,19,20,21,22). The maximum absolute atomic E-state index is 12.9. The molecule has 0 aromatic carbocycles. The molecule has 1 fully saturated rings. The molecule has 2 aromatic rings. The first-order chi connectivity index (χ1) is 11.8. The van der Waals surface area contributed by atoms with Gasteiger partial charge in [-0.1, -0.05) is 0 Å². The van der Waals surface area contributed by atoms with Crippen molar-refractivity contribution in [2.75, 3.05) is 37.8 Å². The second-order valence-corrected chi connectivity index (χ2v) is 6.14. The minimum atomic E-state index is -4.51. The summed E-state index contributed by atoms with van der Waals surface area (Å²) in [5.41, 5.74) is 0.516. The van der Waals surface area contributed by atoms with E-state index in [-0.39, 0.29) is 11.8 Å². The number of hydrogen-bond acceptors (Lipinski definition) is 6. The molecule has 10 heteroatoms. The summed E-state index contributed by atoms with van der Waals surface area (Å²) in [4.78, 5) is 9.92. The smallest absolute Gasteiger partial charge is 0.372 e. The molecule has 0 amide bonds. The molecule has 7 nitrogen and oxygen atoms in total. The zero-order valence-corrected chi connectivity index (χ0v) is 14.2. The van der Waals surface area contributed by atoms with E-state index >= 15 is 0 Å². The number of likely N-dealkylation sites (N-methyl/N-ethyl adjacent to an activating group) is 1. The molecule has 3 heterocycles. The van der Waals surface area contributed by atoms with Gasteiger partial charge < -0.3 is 15.5 Å². The summed E-state index contributed by atoms with van der Waals surface area (Å²) < 4.78 is 40.6. The lowest BCUT2D eigenvalue weighted by molar-refractivity contribution is -0.137. The number of halogens is 3. The number of hydrogen-bond donors (Lipinski definition) is 2. The Kier molecular flexibility index (Phi) is 4.55. The SMILES string of the molecule is CNc1nc(Nc2cn(C3CCN(C)C3)nc2C)ncc1C(F)(F)F. The molecular weight excluding hydrogens is 335 g/mol. The fourth-order valence-corrected chi connectivity index (χ4v) is 2.88. The molecule has 0 aliphatic carbocycles. The van der Waals surface area contributed by atoms with Gasteiger partial charge in [-0.3, -0.25) is 4.68 Å². The van der Waals surface area contributed by atoms with E-state index in [0.717, 1.165) is 31.4 Å². The van der Waals surface area contributed by atoms with Crippen molar-refractivity contribution in [2.24, 2.45) is 0 Å². The Bertz CT molecular complexity index is 756. The highest BCUT2D eigenvalue weighted by molar-refractivity contribution is 5.57. The van der Waals surface area contributed by atoms with E-state index in [1.54, 1.807) is 0 Å². The van der Waals surface area contributed by atoms with E-state index in [0.29, 0.717) is 11.7 Å². The fourth-order valence-electron chi connectivity index (χ4n) is 2.88. The molecular formula is C15H20F3N7. The average Bonchev–Trinajstić information content (AvgIpc) is 3.12. The van der Waals surface area contributed by atoms with Crippen LogP contribution in [0.25, 0.3) is 0 Å². The second-order valence-electron chi connectivity index (χ2n) is 6.14. The lowest BCUT2D eigenvalue weighted by Gasteiger charge is -2.12. The van der Waals surface area contributed by atoms with Gasteiger partial charge >= 0.3 is 6.18 Å². The van der Waals surface area contributed by atoms with Crippen molar-refractivity contribution >= 4 is 17.5 Å². The third kappa shape index (κ3) is 3.68. The van der Waals surface area contributed by atoms with Crippen molar-refractivity contribution in [3.05, 3.63) is 23.7 Å². The number of aromatic nitrogens is 4. The zero-order chi connectivity index (χ0) is 18.2. The van der Waals surface area contributed by atoms with Gasteiger partial charge in [0.05, 0.1) is 17.4 Å². The molecule has 2 aromatic heterocycles. The van der Waals surface area contributed by atoms with E-state index < -0.39 is 11.7 Å². The summed E-state index contributed by atoms with van der Waals surface area (Å²) in [5, 5.41) is 9.91. The Morgan fingerprint density at radius 3 is 2.68 bits per heavy atom. The number of alkyl halides is 3. The summed E-state index contributed by atoms with van der Waals surface area (Å²) in [5.74, 6) is -0.184. The van der Waals surface area contributed by atoms with Crippen LogP contribution in [0.15, 0.2) is 12.4 Å². The van der Waals surface area contributed by atoms with Crippen molar-refractivity contribution in [1.82, 2.24) is 24.6 Å². The van der Waals surface area contributed by atoms with Crippen molar-refractivity contribution in [1.29, 1.82) is 0 Å². The van der Waals surface area contributed by atoms with Crippen LogP contribution in [0.5, 0.6) is 0 Å². The molecule has 1 saturated heterocycles. The maximum Gasteiger partial charge on any atom is 0.421 e. The molecule has 25 heavy (non-hydrogen) atoms. The van der Waals surface area contributed by atoms with Crippen LogP contribution in [-0.4, -0.2) is 51.8 Å². The molecule has 2 N–H and O–H groups in total. The fraction of sp³-hybridized carbons (Fsp3) is 0.533. The van der Waals surface area contributed by atoms with Crippen LogP contribution in [0, 0.1) is 6.92 Å². The molecule has 1 aliphatic rings. The molecule has 1 aliphatic heterocycles. The molecule has 0 radical (unpaired) electrons. The van der Waals surface area contributed by atoms with Gasteiger partial charge in [0.15, 0.2) is 0 Å². The summed E-state index contributed by atoms with van der Waals surface area (Å²) in [6.07, 6.45) is -0.879. The van der Waals surface area contributed by atoms with Crippen LogP contribution < -0.4 is 10.6 Å². The van der Waals surface area contributed by atoms with Crippen LogP contribution in [0.2, 0.25) is 0 Å². The Morgan fingerprint density at radius 2 is 2.08 bits per heavy atom. The van der Waals surface area contributed by atoms with Gasteiger partial charge in [0.25, 0.3) is 0 Å². The van der Waals surface area contributed by atoms with Crippen LogP contribution in [0.4, 0.5) is 30.6 Å². The lowest BCUT2D eigenvalue weighted by atomic mass is 10.3. The van der Waals surface area contributed by atoms with E-state index in [4.69, 9.17) is 0 Å². The second kappa shape index (κ2) is 6.51. The summed E-state index contributed by atoms with van der Waals surface area (Å²) in [6, 6.07) is 0.292. The van der Waals surface area contributed by atoms with E-state index in [1.165, 1.54) is 7.05 Å². The Morgan fingerprint density at radius 1 is 1.32 bits per heavy atom. The number of likely N-dealkylation sites (tertiary alicyclic amines) is 1. The third-order valence-electron chi connectivity index (χ3n) is 4.23. The average molecular weight is 355 g/mol. The first kappa shape index (κ1) is 17.5.